The summed E-state index contributed by atoms with van der Waals surface area (Å²) in [6, 6.07) is 17.5. The Morgan fingerprint density at radius 3 is 2.74 bits per heavy atom. The summed E-state index contributed by atoms with van der Waals surface area (Å²) in [6.07, 6.45) is 0.0212. The van der Waals surface area contributed by atoms with Crippen molar-refractivity contribution >= 4 is 28.4 Å². The summed E-state index contributed by atoms with van der Waals surface area (Å²) < 4.78 is 31.7. The van der Waals surface area contributed by atoms with Crippen molar-refractivity contribution < 1.29 is 18.3 Å². The molecule has 3 aromatic carbocycles. The number of nitrogens with one attached hydrogen (secondary N) is 2. The van der Waals surface area contributed by atoms with Gasteiger partial charge in [0, 0.05) is 23.8 Å². The van der Waals surface area contributed by atoms with Gasteiger partial charge in [-0.15, -0.1) is 0 Å². The quantitative estimate of drug-likeness (QED) is 0.442. The number of benzene rings is 3. The smallest absolute Gasteiger partial charge is 0.412 e. The number of hydrogen-bond acceptors (Lipinski definition) is 5. The van der Waals surface area contributed by atoms with Crippen LogP contribution in [0.15, 0.2) is 70.5 Å². The van der Waals surface area contributed by atoms with Gasteiger partial charge in [-0.25, -0.2) is 23.7 Å². The van der Waals surface area contributed by atoms with E-state index in [1.807, 2.05) is 18.2 Å². The number of fused-ring (bicyclic) bond motifs is 2. The minimum absolute atomic E-state index is 0.257. The van der Waals surface area contributed by atoms with Gasteiger partial charge in [0.15, 0.2) is 0 Å². The second kappa shape index (κ2) is 9.46. The Bertz CT molecular complexity index is 1530. The first-order valence-corrected chi connectivity index (χ1v) is 11.0. The number of alkyl carbamates (subject to hydrolysis) is 1. The van der Waals surface area contributed by atoms with Gasteiger partial charge in [0.1, 0.15) is 24.9 Å². The molecule has 1 amide bonds. The van der Waals surface area contributed by atoms with Crippen molar-refractivity contribution in [2.24, 2.45) is 4.99 Å². The van der Waals surface area contributed by atoms with Crippen LogP contribution in [0.5, 0.6) is 0 Å². The maximum absolute atomic E-state index is 14.8. The number of carbonyl (C=O) groups excluding carboxylic acids is 1. The SMILES string of the molecule is O=C(NC1=Nc2cc(-c3cc(Cc4n[nH]c(=O)c5ccccc45)ccc3F)ccc2C1)OCCF. The van der Waals surface area contributed by atoms with E-state index in [2.05, 4.69) is 25.2 Å². The third-order valence-electron chi connectivity index (χ3n) is 5.74. The van der Waals surface area contributed by atoms with Crippen molar-refractivity contribution in [1.82, 2.24) is 15.5 Å². The fourth-order valence-electron chi connectivity index (χ4n) is 4.11. The highest BCUT2D eigenvalue weighted by Gasteiger charge is 2.19. The highest BCUT2D eigenvalue weighted by atomic mass is 19.1. The molecule has 0 atom stereocenters. The van der Waals surface area contributed by atoms with E-state index in [1.165, 1.54) is 6.07 Å². The van der Waals surface area contributed by atoms with Crippen molar-refractivity contribution in [3.05, 3.63) is 93.7 Å². The lowest BCUT2D eigenvalue weighted by molar-refractivity contribution is 0.142. The number of halogens is 2. The summed E-state index contributed by atoms with van der Waals surface area (Å²) in [5.41, 5.74) is 3.77. The van der Waals surface area contributed by atoms with Gasteiger partial charge in [0.05, 0.1) is 16.8 Å². The van der Waals surface area contributed by atoms with Crippen LogP contribution in [0.2, 0.25) is 0 Å². The predicted molar refractivity (Wildman–Crippen MR) is 128 cm³/mol. The van der Waals surface area contributed by atoms with Crippen LogP contribution in [0.4, 0.5) is 19.3 Å². The van der Waals surface area contributed by atoms with E-state index in [4.69, 9.17) is 0 Å². The van der Waals surface area contributed by atoms with Gasteiger partial charge < -0.3 is 4.74 Å². The van der Waals surface area contributed by atoms with E-state index in [9.17, 15) is 18.4 Å². The highest BCUT2D eigenvalue weighted by Crippen LogP contribution is 2.33. The summed E-state index contributed by atoms with van der Waals surface area (Å²) in [5, 5.41) is 10.5. The minimum Gasteiger partial charge on any atom is -0.447 e. The summed E-state index contributed by atoms with van der Waals surface area (Å²) in [5.74, 6) is -0.00522. The first-order chi connectivity index (χ1) is 17.0. The number of aromatic amines is 1. The molecule has 0 spiro atoms. The third kappa shape index (κ3) is 4.65. The Labute approximate surface area is 198 Å². The fourth-order valence-corrected chi connectivity index (χ4v) is 4.11. The van der Waals surface area contributed by atoms with Gasteiger partial charge in [-0.3, -0.25) is 10.1 Å². The number of ether oxygens (including phenoxy) is 1. The summed E-state index contributed by atoms with van der Waals surface area (Å²) in [7, 11) is 0. The zero-order chi connectivity index (χ0) is 24.4. The van der Waals surface area contributed by atoms with Crippen LogP contribution in [0.3, 0.4) is 0 Å². The molecule has 1 aliphatic heterocycles. The standard InChI is InChI=1S/C26H20F2N4O3/c27-9-10-35-26(34)30-24-14-17-7-6-16(13-22(17)29-24)20-11-15(5-8-21(20)28)12-23-18-3-1-2-4-19(18)25(33)32-31-23/h1-8,11,13H,9-10,12,14H2,(H,32,33)(H,29,30,34). The van der Waals surface area contributed by atoms with Crippen molar-refractivity contribution in [1.29, 1.82) is 0 Å². The first-order valence-electron chi connectivity index (χ1n) is 11.0. The number of amides is 1. The van der Waals surface area contributed by atoms with Crippen LogP contribution in [0, 0.1) is 5.82 Å². The molecule has 2 heterocycles. The van der Waals surface area contributed by atoms with E-state index in [1.54, 1.807) is 36.4 Å². The van der Waals surface area contributed by atoms with E-state index in [-0.39, 0.29) is 18.0 Å². The molecule has 0 fully saturated rings. The third-order valence-corrected chi connectivity index (χ3v) is 5.74. The summed E-state index contributed by atoms with van der Waals surface area (Å²) >= 11 is 0. The number of alkyl halides is 1. The molecule has 9 heteroatoms. The molecule has 0 aliphatic carbocycles. The summed E-state index contributed by atoms with van der Waals surface area (Å²) in [4.78, 5) is 28.1. The van der Waals surface area contributed by atoms with Crippen LogP contribution >= 0.6 is 0 Å². The second-order valence-corrected chi connectivity index (χ2v) is 8.06. The van der Waals surface area contributed by atoms with E-state index in [0.29, 0.717) is 46.6 Å². The number of hydrogen-bond donors (Lipinski definition) is 2. The predicted octanol–water partition coefficient (Wildman–Crippen LogP) is 4.60. The lowest BCUT2D eigenvalue weighted by Crippen LogP contribution is -2.31. The van der Waals surface area contributed by atoms with Crippen LogP contribution in [0.1, 0.15) is 16.8 Å². The molecule has 176 valence electrons. The zero-order valence-corrected chi connectivity index (χ0v) is 18.5. The molecule has 4 aromatic rings. The largest absolute Gasteiger partial charge is 0.447 e. The van der Waals surface area contributed by atoms with Gasteiger partial charge in [0.25, 0.3) is 5.56 Å². The normalized spacial score (nSPS) is 12.3. The summed E-state index contributed by atoms with van der Waals surface area (Å²) in [6.45, 7) is -1.08. The zero-order valence-electron chi connectivity index (χ0n) is 18.5. The molecular weight excluding hydrogens is 454 g/mol. The molecule has 2 N–H and O–H groups in total. The van der Waals surface area contributed by atoms with Crippen LogP contribution in [-0.2, 0) is 17.6 Å². The molecule has 0 saturated heterocycles. The molecule has 0 bridgehead atoms. The number of H-pyrrole nitrogens is 1. The maximum atomic E-state index is 14.8. The fraction of sp³-hybridized carbons (Fsp3) is 0.154. The molecule has 5 rings (SSSR count). The number of nitrogens with zero attached hydrogens (tertiary/aromatic N) is 2. The maximum Gasteiger partial charge on any atom is 0.412 e. The molecule has 0 radical (unpaired) electrons. The Balaban J connectivity index is 1.42. The lowest BCUT2D eigenvalue weighted by atomic mass is 9.97. The van der Waals surface area contributed by atoms with Crippen molar-refractivity contribution in [3.63, 3.8) is 0 Å². The van der Waals surface area contributed by atoms with Crippen LogP contribution in [-0.4, -0.2) is 35.4 Å². The molecule has 0 saturated carbocycles. The second-order valence-electron chi connectivity index (χ2n) is 8.06. The molecule has 35 heavy (non-hydrogen) atoms. The number of aliphatic imine (C=N–C) groups is 1. The molecule has 1 aromatic heterocycles. The van der Waals surface area contributed by atoms with Gasteiger partial charge in [0.2, 0.25) is 0 Å². The average molecular weight is 474 g/mol. The Morgan fingerprint density at radius 1 is 1.09 bits per heavy atom. The van der Waals surface area contributed by atoms with Gasteiger partial charge in [-0.2, -0.15) is 5.10 Å². The van der Waals surface area contributed by atoms with Gasteiger partial charge >= 0.3 is 6.09 Å². The first kappa shape index (κ1) is 22.4. The van der Waals surface area contributed by atoms with Gasteiger partial charge in [-0.1, -0.05) is 36.4 Å². The van der Waals surface area contributed by atoms with Crippen molar-refractivity contribution in [2.75, 3.05) is 13.3 Å². The van der Waals surface area contributed by atoms with Gasteiger partial charge in [-0.05, 0) is 41.0 Å². The monoisotopic (exact) mass is 474 g/mol. The van der Waals surface area contributed by atoms with Crippen molar-refractivity contribution in [3.8, 4) is 11.1 Å². The average Bonchev–Trinajstić information content (AvgIpc) is 3.27. The van der Waals surface area contributed by atoms with Crippen molar-refractivity contribution in [2.45, 2.75) is 12.8 Å². The number of rotatable bonds is 5. The Kier molecular flexibility index (Phi) is 6.05. The molecule has 7 nitrogen and oxygen atoms in total. The van der Waals surface area contributed by atoms with E-state index >= 15 is 0 Å². The molecular formula is C26H20F2N4O3. The minimum atomic E-state index is -0.767. The number of carbonyl (C=O) groups is 1. The number of amidine groups is 1. The molecule has 0 unspecified atom stereocenters. The van der Waals surface area contributed by atoms with E-state index in [0.717, 1.165) is 16.5 Å². The highest BCUT2D eigenvalue weighted by molar-refractivity contribution is 6.01. The molecule has 1 aliphatic rings. The lowest BCUT2D eigenvalue weighted by Gasteiger charge is -2.09. The number of aromatic nitrogens is 2. The van der Waals surface area contributed by atoms with Crippen LogP contribution in [0.25, 0.3) is 21.9 Å². The topological polar surface area (TPSA) is 96.4 Å². The Hall–Kier alpha value is -4.40. The van der Waals surface area contributed by atoms with E-state index < -0.39 is 12.8 Å². The Morgan fingerprint density at radius 2 is 1.91 bits per heavy atom. The van der Waals surface area contributed by atoms with Crippen LogP contribution < -0.4 is 10.9 Å².